The number of aromatic nitrogens is 2. The van der Waals surface area contributed by atoms with Crippen molar-refractivity contribution in [1.82, 2.24) is 9.78 Å². The highest BCUT2D eigenvalue weighted by Gasteiger charge is 2.42. The number of rotatable bonds is 1. The lowest BCUT2D eigenvalue weighted by Gasteiger charge is -2.21. The van der Waals surface area contributed by atoms with Gasteiger partial charge in [0.25, 0.3) is 0 Å². The second kappa shape index (κ2) is 3.76. The van der Waals surface area contributed by atoms with Gasteiger partial charge in [-0.2, -0.15) is 18.3 Å². The molecule has 92 valence electrons. The van der Waals surface area contributed by atoms with Crippen LogP contribution in [0, 0.1) is 0 Å². The molecular weight excluding hydrogens is 221 g/mol. The van der Waals surface area contributed by atoms with E-state index in [1.54, 1.807) is 20.8 Å². The average Bonchev–Trinajstić information content (AvgIpc) is 2.43. The van der Waals surface area contributed by atoms with Crippen molar-refractivity contribution in [2.45, 2.75) is 38.5 Å². The summed E-state index contributed by atoms with van der Waals surface area (Å²) in [6.07, 6.45) is -5.93. The number of aryl methyl sites for hydroxylation is 1. The molecule has 0 fully saturated rings. The van der Waals surface area contributed by atoms with E-state index in [1.807, 2.05) is 0 Å². The standard InChI is InChI=1S/C10H15F3N2O/c1-9(2,3)7-6(5-15(4)14-7)8(16)10(11,12)13/h5,8,16H,1-4H3. The van der Waals surface area contributed by atoms with Gasteiger partial charge in [0.2, 0.25) is 0 Å². The zero-order chi connectivity index (χ0) is 12.7. The molecule has 0 aliphatic rings. The quantitative estimate of drug-likeness (QED) is 0.812. The van der Waals surface area contributed by atoms with E-state index in [-0.39, 0.29) is 11.3 Å². The van der Waals surface area contributed by atoms with Gasteiger partial charge in [0.05, 0.1) is 5.69 Å². The van der Waals surface area contributed by atoms with Crippen LogP contribution in [-0.2, 0) is 12.5 Å². The Morgan fingerprint density at radius 1 is 1.31 bits per heavy atom. The Labute approximate surface area is 91.9 Å². The van der Waals surface area contributed by atoms with Gasteiger partial charge in [0, 0.05) is 24.2 Å². The summed E-state index contributed by atoms with van der Waals surface area (Å²) < 4.78 is 38.6. The molecule has 1 N–H and O–H groups in total. The smallest absolute Gasteiger partial charge is 0.379 e. The lowest BCUT2D eigenvalue weighted by atomic mass is 9.88. The second-order valence-corrected chi connectivity index (χ2v) is 4.80. The molecule has 6 heteroatoms. The molecule has 1 atom stereocenters. The Morgan fingerprint density at radius 2 is 1.81 bits per heavy atom. The second-order valence-electron chi connectivity index (χ2n) is 4.80. The summed E-state index contributed by atoms with van der Waals surface area (Å²) in [5, 5.41) is 13.2. The molecule has 1 aromatic heterocycles. The van der Waals surface area contributed by atoms with E-state index in [4.69, 9.17) is 0 Å². The molecule has 0 saturated heterocycles. The van der Waals surface area contributed by atoms with Gasteiger partial charge in [0.1, 0.15) is 0 Å². The summed E-state index contributed by atoms with van der Waals surface area (Å²) in [7, 11) is 1.53. The number of alkyl halides is 3. The molecule has 1 heterocycles. The highest BCUT2D eigenvalue weighted by atomic mass is 19.4. The number of hydrogen-bond acceptors (Lipinski definition) is 2. The zero-order valence-electron chi connectivity index (χ0n) is 9.63. The maximum Gasteiger partial charge on any atom is 0.418 e. The molecule has 1 unspecified atom stereocenters. The van der Waals surface area contributed by atoms with E-state index in [0.717, 1.165) is 0 Å². The zero-order valence-corrected chi connectivity index (χ0v) is 9.63. The van der Waals surface area contributed by atoms with Crippen molar-refractivity contribution >= 4 is 0 Å². The van der Waals surface area contributed by atoms with Gasteiger partial charge >= 0.3 is 6.18 Å². The van der Waals surface area contributed by atoms with Gasteiger partial charge in [-0.25, -0.2) is 0 Å². The van der Waals surface area contributed by atoms with Gasteiger partial charge in [-0.15, -0.1) is 0 Å². The first-order valence-electron chi connectivity index (χ1n) is 4.82. The first-order chi connectivity index (χ1) is 7.03. The minimum Gasteiger partial charge on any atom is -0.379 e. The van der Waals surface area contributed by atoms with Crippen LogP contribution in [0.2, 0.25) is 0 Å². The van der Waals surface area contributed by atoms with Crippen LogP contribution in [0.25, 0.3) is 0 Å². The fourth-order valence-electron chi connectivity index (χ4n) is 1.47. The Balaban J connectivity index is 3.24. The first kappa shape index (κ1) is 13.0. The monoisotopic (exact) mass is 236 g/mol. The Bertz CT molecular complexity index is 376. The van der Waals surface area contributed by atoms with Gasteiger partial charge in [0.15, 0.2) is 6.10 Å². The van der Waals surface area contributed by atoms with E-state index < -0.39 is 17.7 Å². The van der Waals surface area contributed by atoms with Crippen molar-refractivity contribution in [2.24, 2.45) is 7.05 Å². The highest BCUT2D eigenvalue weighted by molar-refractivity contribution is 5.27. The summed E-state index contributed by atoms with van der Waals surface area (Å²) in [6, 6.07) is 0. The lowest BCUT2D eigenvalue weighted by molar-refractivity contribution is -0.207. The number of hydrogen-bond donors (Lipinski definition) is 1. The third kappa shape index (κ3) is 2.55. The minimum absolute atomic E-state index is 0.178. The summed E-state index contributed by atoms with van der Waals surface area (Å²) in [5.74, 6) is 0. The lowest BCUT2D eigenvalue weighted by Crippen LogP contribution is -2.24. The molecule has 16 heavy (non-hydrogen) atoms. The fourth-order valence-corrected chi connectivity index (χ4v) is 1.47. The van der Waals surface area contributed by atoms with Crippen molar-refractivity contribution in [3.8, 4) is 0 Å². The number of halogens is 3. The predicted molar refractivity (Wildman–Crippen MR) is 52.9 cm³/mol. The molecule has 1 rings (SSSR count). The maximum atomic E-state index is 12.4. The van der Waals surface area contributed by atoms with Crippen LogP contribution >= 0.6 is 0 Å². The van der Waals surface area contributed by atoms with E-state index in [2.05, 4.69) is 5.10 Å². The van der Waals surface area contributed by atoms with Gasteiger partial charge in [-0.3, -0.25) is 4.68 Å². The Hall–Kier alpha value is -1.04. The van der Waals surface area contributed by atoms with Crippen LogP contribution in [-0.4, -0.2) is 21.1 Å². The summed E-state index contributed by atoms with van der Waals surface area (Å²) >= 11 is 0. The van der Waals surface area contributed by atoms with Gasteiger partial charge in [-0.1, -0.05) is 20.8 Å². The molecule has 0 aromatic carbocycles. The molecule has 0 saturated carbocycles. The van der Waals surface area contributed by atoms with E-state index in [9.17, 15) is 18.3 Å². The minimum atomic E-state index is -4.66. The van der Waals surface area contributed by atoms with Crippen LogP contribution in [0.15, 0.2) is 6.20 Å². The van der Waals surface area contributed by atoms with Crippen molar-refractivity contribution in [3.05, 3.63) is 17.5 Å². The number of aliphatic hydroxyl groups excluding tert-OH is 1. The summed E-state index contributed by atoms with van der Waals surface area (Å²) in [5.41, 5.74) is -0.453. The van der Waals surface area contributed by atoms with E-state index in [0.29, 0.717) is 0 Å². The van der Waals surface area contributed by atoms with E-state index >= 15 is 0 Å². The van der Waals surface area contributed by atoms with Gasteiger partial charge < -0.3 is 5.11 Å². The SMILES string of the molecule is Cn1cc(C(O)C(F)(F)F)c(C(C)(C)C)n1. The van der Waals surface area contributed by atoms with Gasteiger partial charge in [-0.05, 0) is 0 Å². The van der Waals surface area contributed by atoms with Crippen molar-refractivity contribution in [3.63, 3.8) is 0 Å². The molecular formula is C10H15F3N2O. The first-order valence-corrected chi connectivity index (χ1v) is 4.82. The van der Waals surface area contributed by atoms with Crippen molar-refractivity contribution in [2.75, 3.05) is 0 Å². The maximum absolute atomic E-state index is 12.4. The number of aliphatic hydroxyl groups is 1. The normalized spacial score (nSPS) is 15.2. The van der Waals surface area contributed by atoms with Crippen LogP contribution in [0.4, 0.5) is 13.2 Å². The third-order valence-electron chi connectivity index (χ3n) is 2.17. The Kier molecular flexibility index (Phi) is 3.06. The molecule has 0 aliphatic carbocycles. The average molecular weight is 236 g/mol. The third-order valence-corrected chi connectivity index (χ3v) is 2.17. The van der Waals surface area contributed by atoms with Crippen LogP contribution in [0.1, 0.15) is 38.1 Å². The van der Waals surface area contributed by atoms with Crippen molar-refractivity contribution in [1.29, 1.82) is 0 Å². The van der Waals surface area contributed by atoms with E-state index in [1.165, 1.54) is 17.9 Å². The Morgan fingerprint density at radius 3 is 2.19 bits per heavy atom. The van der Waals surface area contributed by atoms with Crippen LogP contribution in [0.5, 0.6) is 0 Å². The number of nitrogens with zero attached hydrogens (tertiary/aromatic N) is 2. The molecule has 0 aliphatic heterocycles. The molecule has 0 amide bonds. The molecule has 0 bridgehead atoms. The summed E-state index contributed by atoms with van der Waals surface area (Å²) in [6.45, 7) is 5.26. The predicted octanol–water partition coefficient (Wildman–Crippen LogP) is 2.31. The topological polar surface area (TPSA) is 38.0 Å². The molecule has 0 radical (unpaired) electrons. The highest BCUT2D eigenvalue weighted by Crippen LogP contribution is 2.37. The van der Waals surface area contributed by atoms with Crippen LogP contribution in [0.3, 0.4) is 0 Å². The summed E-state index contributed by atoms with van der Waals surface area (Å²) in [4.78, 5) is 0. The fraction of sp³-hybridized carbons (Fsp3) is 0.700. The van der Waals surface area contributed by atoms with Crippen molar-refractivity contribution < 1.29 is 18.3 Å². The largest absolute Gasteiger partial charge is 0.418 e. The molecule has 1 aromatic rings. The van der Waals surface area contributed by atoms with Crippen LogP contribution < -0.4 is 0 Å². The molecule has 0 spiro atoms. The molecule has 3 nitrogen and oxygen atoms in total.